The van der Waals surface area contributed by atoms with Crippen LogP contribution in [-0.2, 0) is 4.74 Å². The van der Waals surface area contributed by atoms with Crippen LogP contribution in [0.5, 0.6) is 0 Å². The Balaban J connectivity index is 1.51. The van der Waals surface area contributed by atoms with E-state index in [0.29, 0.717) is 11.3 Å². The lowest BCUT2D eigenvalue weighted by atomic mass is 9.63. The largest absolute Gasteiger partial charge is 0.465 e. The molecule has 0 aliphatic heterocycles. The Morgan fingerprint density at radius 3 is 2.60 bits per heavy atom. The van der Waals surface area contributed by atoms with Gasteiger partial charge in [-0.2, -0.15) is 0 Å². The predicted molar refractivity (Wildman–Crippen MR) is 116 cm³/mol. The minimum absolute atomic E-state index is 0.269. The van der Waals surface area contributed by atoms with Gasteiger partial charge in [0.15, 0.2) is 0 Å². The molecule has 0 saturated heterocycles. The standard InChI is InChI=1S/C26H32F2O2/c1-3-4-5-16-6-7-18-13-19(9-8-17(18)12-16)20-10-11-22-21(14-20)15-23(27)24(25(22)28)26(29)30-2/h10-11,14-19H,3-9,12-13H2,1-2H3/t16?,17-,18+,19?/m0/s1. The highest BCUT2D eigenvalue weighted by Gasteiger charge is 2.35. The van der Waals surface area contributed by atoms with Crippen molar-refractivity contribution >= 4 is 16.7 Å². The summed E-state index contributed by atoms with van der Waals surface area (Å²) in [7, 11) is 1.13. The Morgan fingerprint density at radius 1 is 1.07 bits per heavy atom. The van der Waals surface area contributed by atoms with Gasteiger partial charge in [-0.25, -0.2) is 13.6 Å². The van der Waals surface area contributed by atoms with Crippen LogP contribution >= 0.6 is 0 Å². The van der Waals surface area contributed by atoms with Crippen LogP contribution in [0.4, 0.5) is 8.78 Å². The minimum Gasteiger partial charge on any atom is -0.465 e. The number of fused-ring (bicyclic) bond motifs is 2. The second kappa shape index (κ2) is 9.03. The van der Waals surface area contributed by atoms with Crippen molar-refractivity contribution in [2.45, 2.75) is 70.6 Å². The van der Waals surface area contributed by atoms with Crippen LogP contribution < -0.4 is 0 Å². The van der Waals surface area contributed by atoms with E-state index in [0.717, 1.165) is 31.3 Å². The third kappa shape index (κ3) is 4.10. The Labute approximate surface area is 178 Å². The lowest BCUT2D eigenvalue weighted by Crippen LogP contribution is -2.30. The number of methoxy groups -OCH3 is 1. The first-order chi connectivity index (χ1) is 14.5. The average molecular weight is 415 g/mol. The molecule has 4 atom stereocenters. The van der Waals surface area contributed by atoms with Crippen LogP contribution in [0.15, 0.2) is 24.3 Å². The molecule has 0 bridgehead atoms. The van der Waals surface area contributed by atoms with Gasteiger partial charge in [-0.05, 0) is 72.8 Å². The summed E-state index contributed by atoms with van der Waals surface area (Å²) < 4.78 is 33.7. The van der Waals surface area contributed by atoms with E-state index in [2.05, 4.69) is 11.7 Å². The fraction of sp³-hybridized carbons (Fsp3) is 0.577. The van der Waals surface area contributed by atoms with Crippen molar-refractivity contribution in [1.29, 1.82) is 0 Å². The Hall–Kier alpha value is -1.97. The highest BCUT2D eigenvalue weighted by molar-refractivity contribution is 5.96. The number of ether oxygens (including phenoxy) is 1. The van der Waals surface area contributed by atoms with Crippen molar-refractivity contribution in [2.75, 3.05) is 7.11 Å². The van der Waals surface area contributed by atoms with Crippen LogP contribution in [0.3, 0.4) is 0 Å². The normalized spacial score (nSPS) is 26.4. The molecule has 2 fully saturated rings. The number of rotatable bonds is 5. The number of hydrogen-bond acceptors (Lipinski definition) is 2. The van der Waals surface area contributed by atoms with Gasteiger partial charge < -0.3 is 4.74 Å². The monoisotopic (exact) mass is 414 g/mol. The molecule has 0 aromatic heterocycles. The van der Waals surface area contributed by atoms with Crippen molar-refractivity contribution < 1.29 is 18.3 Å². The highest BCUT2D eigenvalue weighted by Crippen LogP contribution is 2.48. The summed E-state index contributed by atoms with van der Waals surface area (Å²) in [6, 6.07) is 6.83. The quantitative estimate of drug-likeness (QED) is 0.477. The molecule has 162 valence electrons. The Morgan fingerprint density at radius 2 is 1.83 bits per heavy atom. The third-order valence-corrected chi connectivity index (χ3v) is 7.60. The molecule has 4 rings (SSSR count). The highest BCUT2D eigenvalue weighted by atomic mass is 19.1. The first-order valence-corrected chi connectivity index (χ1v) is 11.5. The van der Waals surface area contributed by atoms with Crippen LogP contribution in [-0.4, -0.2) is 13.1 Å². The number of carbonyl (C=O) groups is 1. The molecule has 0 radical (unpaired) electrons. The van der Waals surface area contributed by atoms with E-state index in [9.17, 15) is 13.6 Å². The second-order valence-electron chi connectivity index (χ2n) is 9.37. The molecule has 2 nitrogen and oxygen atoms in total. The van der Waals surface area contributed by atoms with Gasteiger partial charge >= 0.3 is 5.97 Å². The summed E-state index contributed by atoms with van der Waals surface area (Å²) in [5.41, 5.74) is 0.553. The number of halogens is 2. The van der Waals surface area contributed by atoms with Gasteiger partial charge in [0.05, 0.1) is 7.11 Å². The number of benzene rings is 2. The number of carbonyl (C=O) groups excluding carboxylic acids is 1. The van der Waals surface area contributed by atoms with E-state index >= 15 is 0 Å². The van der Waals surface area contributed by atoms with Crippen molar-refractivity contribution in [3.63, 3.8) is 0 Å². The zero-order chi connectivity index (χ0) is 21.3. The van der Waals surface area contributed by atoms with Crippen LogP contribution in [0.1, 0.15) is 86.6 Å². The molecule has 2 aromatic carbocycles. The molecule has 2 unspecified atom stereocenters. The van der Waals surface area contributed by atoms with Gasteiger partial charge in [-0.15, -0.1) is 0 Å². The molecule has 0 spiro atoms. The molecule has 0 heterocycles. The summed E-state index contributed by atoms with van der Waals surface area (Å²) in [6.45, 7) is 2.27. The molecule has 30 heavy (non-hydrogen) atoms. The SMILES string of the molecule is CCCCC1CC[C@@H]2CC(c3ccc4c(F)c(C(=O)OC)c(F)cc4c3)CC[C@H]2C1. The van der Waals surface area contributed by atoms with Gasteiger partial charge in [-0.3, -0.25) is 0 Å². The number of unbranched alkanes of at least 4 members (excludes halogenated alkanes) is 1. The Bertz CT molecular complexity index is 923. The summed E-state index contributed by atoms with van der Waals surface area (Å²) in [5.74, 6) is 0.328. The van der Waals surface area contributed by atoms with E-state index in [-0.39, 0.29) is 5.39 Å². The van der Waals surface area contributed by atoms with Crippen molar-refractivity contribution in [3.05, 3.63) is 47.0 Å². The summed E-state index contributed by atoms with van der Waals surface area (Å²) in [5, 5.41) is 0.784. The molecule has 4 heteroatoms. The van der Waals surface area contributed by atoms with Crippen LogP contribution in [0, 0.1) is 29.4 Å². The van der Waals surface area contributed by atoms with Gasteiger partial charge in [0, 0.05) is 5.39 Å². The fourth-order valence-corrected chi connectivity index (χ4v) is 5.94. The van der Waals surface area contributed by atoms with Gasteiger partial charge in [0.1, 0.15) is 17.2 Å². The van der Waals surface area contributed by atoms with Gasteiger partial charge in [-0.1, -0.05) is 50.8 Å². The number of hydrogen-bond donors (Lipinski definition) is 0. The number of esters is 1. The maximum Gasteiger partial charge on any atom is 0.343 e. The molecule has 2 aliphatic rings. The fourth-order valence-electron chi connectivity index (χ4n) is 5.94. The van der Waals surface area contributed by atoms with E-state index in [4.69, 9.17) is 0 Å². The van der Waals surface area contributed by atoms with Crippen LogP contribution in [0.2, 0.25) is 0 Å². The molecular formula is C26H32F2O2. The van der Waals surface area contributed by atoms with Crippen molar-refractivity contribution in [3.8, 4) is 0 Å². The molecule has 2 aromatic rings. The first kappa shape index (κ1) is 21.3. The maximum absolute atomic E-state index is 14.7. The van der Waals surface area contributed by atoms with Crippen molar-refractivity contribution in [2.24, 2.45) is 17.8 Å². The lowest BCUT2D eigenvalue weighted by molar-refractivity contribution is 0.0590. The second-order valence-corrected chi connectivity index (χ2v) is 9.37. The van der Waals surface area contributed by atoms with E-state index in [1.165, 1.54) is 63.0 Å². The molecule has 0 N–H and O–H groups in total. The van der Waals surface area contributed by atoms with E-state index in [1.807, 2.05) is 12.1 Å². The zero-order valence-electron chi connectivity index (χ0n) is 18.1. The summed E-state index contributed by atoms with van der Waals surface area (Å²) in [6.07, 6.45) is 11.7. The zero-order valence-corrected chi connectivity index (χ0v) is 18.1. The van der Waals surface area contributed by atoms with Gasteiger partial charge in [0.25, 0.3) is 0 Å². The molecule has 0 amide bonds. The molecule has 2 aliphatic carbocycles. The topological polar surface area (TPSA) is 26.3 Å². The molecular weight excluding hydrogens is 382 g/mol. The van der Waals surface area contributed by atoms with Gasteiger partial charge in [0.2, 0.25) is 0 Å². The third-order valence-electron chi connectivity index (χ3n) is 7.60. The molecule has 2 saturated carbocycles. The minimum atomic E-state index is -0.983. The Kier molecular flexibility index (Phi) is 6.40. The predicted octanol–water partition coefficient (Wildman–Crippen LogP) is 7.39. The first-order valence-electron chi connectivity index (χ1n) is 11.5. The summed E-state index contributed by atoms with van der Waals surface area (Å²) >= 11 is 0. The van der Waals surface area contributed by atoms with Crippen molar-refractivity contribution in [1.82, 2.24) is 0 Å². The summed E-state index contributed by atoms with van der Waals surface area (Å²) in [4.78, 5) is 11.7. The van der Waals surface area contributed by atoms with Crippen LogP contribution in [0.25, 0.3) is 10.8 Å². The van der Waals surface area contributed by atoms with E-state index in [1.54, 1.807) is 6.07 Å². The lowest BCUT2D eigenvalue weighted by Gasteiger charge is -2.42. The average Bonchev–Trinajstić information content (AvgIpc) is 2.76. The van der Waals surface area contributed by atoms with E-state index < -0.39 is 23.2 Å². The maximum atomic E-state index is 14.7. The smallest absolute Gasteiger partial charge is 0.343 e.